The molecular formula is C12H22N2. The van der Waals surface area contributed by atoms with Crippen LogP contribution >= 0.6 is 0 Å². The second kappa shape index (κ2) is 5.78. The lowest BCUT2D eigenvalue weighted by Gasteiger charge is -2.33. The third kappa shape index (κ3) is 3.13. The largest absolute Gasteiger partial charge is 0.333 e. The third-order valence-electron chi connectivity index (χ3n) is 2.60. The van der Waals surface area contributed by atoms with Crippen molar-refractivity contribution in [2.75, 3.05) is 21.1 Å². The molecule has 0 aromatic heterocycles. The van der Waals surface area contributed by atoms with Gasteiger partial charge in [0.25, 0.3) is 0 Å². The van der Waals surface area contributed by atoms with Crippen LogP contribution in [0.15, 0.2) is 30.3 Å². The fraction of sp³-hybridized carbons (Fsp3) is 0.500. The first kappa shape index (κ1) is 13.1. The Morgan fingerprint density at radius 2 is 1.43 bits per heavy atom. The quantitative estimate of drug-likeness (QED) is 0.781. The maximum atomic E-state index is 4.50. The Balaban J connectivity index is 0.000000791. The molecule has 1 aromatic carbocycles. The van der Waals surface area contributed by atoms with Gasteiger partial charge in [0.05, 0.1) is 0 Å². The van der Waals surface area contributed by atoms with Gasteiger partial charge in [-0.05, 0) is 40.6 Å². The van der Waals surface area contributed by atoms with E-state index in [0.717, 1.165) is 0 Å². The van der Waals surface area contributed by atoms with E-state index in [0.29, 0.717) is 0 Å². The lowest BCUT2D eigenvalue weighted by atomic mass is 9.93. The van der Waals surface area contributed by atoms with Crippen molar-refractivity contribution in [2.24, 2.45) is 5.73 Å². The van der Waals surface area contributed by atoms with Gasteiger partial charge in [0, 0.05) is 5.54 Å². The molecule has 0 saturated heterocycles. The average Bonchev–Trinajstić information content (AvgIpc) is 2.22. The third-order valence-corrected chi connectivity index (χ3v) is 2.60. The standard InChI is InChI=1S/C11H17N.CH5N/c1-11(2,12(3)4)10-8-6-5-7-9-10;1-2/h5-9H,1-4H3;2H2,1H3. The summed E-state index contributed by atoms with van der Waals surface area (Å²) in [5.41, 5.74) is 5.98. The highest BCUT2D eigenvalue weighted by Gasteiger charge is 2.21. The van der Waals surface area contributed by atoms with Crippen molar-refractivity contribution in [1.29, 1.82) is 0 Å². The summed E-state index contributed by atoms with van der Waals surface area (Å²) in [6.07, 6.45) is 0. The molecule has 0 heterocycles. The van der Waals surface area contributed by atoms with E-state index >= 15 is 0 Å². The number of hydrogen-bond donors (Lipinski definition) is 1. The van der Waals surface area contributed by atoms with Crippen LogP contribution in [0.4, 0.5) is 0 Å². The lowest BCUT2D eigenvalue weighted by molar-refractivity contribution is 0.198. The van der Waals surface area contributed by atoms with Crippen LogP contribution in [-0.4, -0.2) is 26.0 Å². The summed E-state index contributed by atoms with van der Waals surface area (Å²) < 4.78 is 0. The predicted molar refractivity (Wildman–Crippen MR) is 63.3 cm³/mol. The average molecular weight is 194 g/mol. The second-order valence-corrected chi connectivity index (χ2v) is 3.82. The normalized spacial score (nSPS) is 10.8. The Hall–Kier alpha value is -0.860. The van der Waals surface area contributed by atoms with E-state index in [2.05, 4.69) is 68.9 Å². The molecule has 0 fully saturated rings. The highest BCUT2D eigenvalue weighted by Crippen LogP contribution is 2.24. The molecule has 1 aromatic rings. The van der Waals surface area contributed by atoms with E-state index < -0.39 is 0 Å². The van der Waals surface area contributed by atoms with Gasteiger partial charge in [-0.2, -0.15) is 0 Å². The SMILES string of the molecule is CN.CN(C)C(C)(C)c1ccccc1. The molecule has 0 aliphatic rings. The van der Waals surface area contributed by atoms with Crippen LogP contribution in [0.25, 0.3) is 0 Å². The summed E-state index contributed by atoms with van der Waals surface area (Å²) in [5.74, 6) is 0. The first-order valence-corrected chi connectivity index (χ1v) is 4.86. The van der Waals surface area contributed by atoms with Crippen LogP contribution in [0.5, 0.6) is 0 Å². The van der Waals surface area contributed by atoms with Crippen molar-refractivity contribution in [3.8, 4) is 0 Å². The first-order chi connectivity index (χ1) is 6.55. The molecule has 2 heteroatoms. The molecule has 2 nitrogen and oxygen atoms in total. The van der Waals surface area contributed by atoms with E-state index in [1.54, 1.807) is 0 Å². The van der Waals surface area contributed by atoms with Crippen LogP contribution in [-0.2, 0) is 5.54 Å². The maximum Gasteiger partial charge on any atom is 0.0398 e. The Morgan fingerprint density at radius 1 is 1.00 bits per heavy atom. The molecule has 0 spiro atoms. The molecular weight excluding hydrogens is 172 g/mol. The maximum absolute atomic E-state index is 4.50. The van der Waals surface area contributed by atoms with Gasteiger partial charge in [-0.3, -0.25) is 0 Å². The second-order valence-electron chi connectivity index (χ2n) is 3.82. The lowest BCUT2D eigenvalue weighted by Crippen LogP contribution is -2.35. The van der Waals surface area contributed by atoms with Gasteiger partial charge in [0.1, 0.15) is 0 Å². The smallest absolute Gasteiger partial charge is 0.0398 e. The van der Waals surface area contributed by atoms with E-state index in [-0.39, 0.29) is 5.54 Å². The summed E-state index contributed by atoms with van der Waals surface area (Å²) in [5, 5.41) is 0. The summed E-state index contributed by atoms with van der Waals surface area (Å²) in [6, 6.07) is 10.6. The van der Waals surface area contributed by atoms with Crippen LogP contribution in [0.1, 0.15) is 19.4 Å². The number of benzene rings is 1. The first-order valence-electron chi connectivity index (χ1n) is 4.86. The van der Waals surface area contributed by atoms with Gasteiger partial charge in [0.15, 0.2) is 0 Å². The number of nitrogens with two attached hydrogens (primary N) is 1. The van der Waals surface area contributed by atoms with Crippen molar-refractivity contribution in [3.63, 3.8) is 0 Å². The Bertz CT molecular complexity index is 240. The topological polar surface area (TPSA) is 29.3 Å². The molecule has 0 saturated carbocycles. The van der Waals surface area contributed by atoms with Gasteiger partial charge in [0.2, 0.25) is 0 Å². The highest BCUT2D eigenvalue weighted by molar-refractivity contribution is 5.22. The minimum Gasteiger partial charge on any atom is -0.333 e. The Morgan fingerprint density at radius 3 is 1.79 bits per heavy atom. The molecule has 14 heavy (non-hydrogen) atoms. The molecule has 0 aliphatic heterocycles. The monoisotopic (exact) mass is 194 g/mol. The Labute approximate surface area is 87.7 Å². The minimum atomic E-state index is 0.126. The van der Waals surface area contributed by atoms with E-state index in [4.69, 9.17) is 0 Å². The van der Waals surface area contributed by atoms with Crippen LogP contribution in [0, 0.1) is 0 Å². The van der Waals surface area contributed by atoms with Gasteiger partial charge in [-0.15, -0.1) is 0 Å². The number of nitrogens with zero attached hydrogens (tertiary/aromatic N) is 1. The van der Waals surface area contributed by atoms with Crippen molar-refractivity contribution < 1.29 is 0 Å². The molecule has 0 atom stereocenters. The molecule has 0 aliphatic carbocycles. The van der Waals surface area contributed by atoms with Crippen molar-refractivity contribution >= 4 is 0 Å². The Kier molecular flexibility index (Phi) is 5.43. The molecule has 0 bridgehead atoms. The van der Waals surface area contributed by atoms with Crippen molar-refractivity contribution in [2.45, 2.75) is 19.4 Å². The summed E-state index contributed by atoms with van der Waals surface area (Å²) in [7, 11) is 5.71. The molecule has 2 N–H and O–H groups in total. The fourth-order valence-electron chi connectivity index (χ4n) is 1.10. The van der Waals surface area contributed by atoms with Crippen molar-refractivity contribution in [1.82, 2.24) is 4.90 Å². The van der Waals surface area contributed by atoms with Crippen LogP contribution in [0.2, 0.25) is 0 Å². The highest BCUT2D eigenvalue weighted by atomic mass is 15.1. The summed E-state index contributed by atoms with van der Waals surface area (Å²) >= 11 is 0. The van der Waals surface area contributed by atoms with E-state index in [9.17, 15) is 0 Å². The van der Waals surface area contributed by atoms with Gasteiger partial charge < -0.3 is 10.6 Å². The zero-order valence-electron chi connectivity index (χ0n) is 9.91. The molecule has 0 amide bonds. The molecule has 80 valence electrons. The van der Waals surface area contributed by atoms with E-state index in [1.165, 1.54) is 12.6 Å². The zero-order valence-corrected chi connectivity index (χ0v) is 9.91. The summed E-state index contributed by atoms with van der Waals surface area (Å²) in [4.78, 5) is 2.22. The minimum absolute atomic E-state index is 0.126. The van der Waals surface area contributed by atoms with Gasteiger partial charge in [-0.25, -0.2) is 0 Å². The van der Waals surface area contributed by atoms with Gasteiger partial charge >= 0.3 is 0 Å². The van der Waals surface area contributed by atoms with E-state index in [1.807, 2.05) is 0 Å². The number of rotatable bonds is 2. The van der Waals surface area contributed by atoms with Crippen LogP contribution in [0.3, 0.4) is 0 Å². The number of hydrogen-bond acceptors (Lipinski definition) is 2. The molecule has 1 rings (SSSR count). The fourth-order valence-corrected chi connectivity index (χ4v) is 1.10. The molecule has 0 radical (unpaired) electrons. The summed E-state index contributed by atoms with van der Waals surface area (Å²) in [6.45, 7) is 4.45. The zero-order chi connectivity index (χ0) is 11.2. The van der Waals surface area contributed by atoms with Gasteiger partial charge in [-0.1, -0.05) is 30.3 Å². The van der Waals surface area contributed by atoms with Crippen molar-refractivity contribution in [3.05, 3.63) is 35.9 Å². The predicted octanol–water partition coefficient (Wildman–Crippen LogP) is 2.06. The van der Waals surface area contributed by atoms with Crippen LogP contribution < -0.4 is 5.73 Å². The molecule has 0 unspecified atom stereocenters.